The number of nitrogens with zero attached hydrogens (tertiary/aromatic N) is 3. The second-order valence-corrected chi connectivity index (χ2v) is 5.04. The molecule has 0 bridgehead atoms. The van der Waals surface area contributed by atoms with Crippen molar-refractivity contribution in [2.75, 3.05) is 13.1 Å². The molecule has 0 spiro atoms. The average molecular weight is 273 g/mol. The third-order valence-electron chi connectivity index (χ3n) is 3.71. The lowest BCUT2D eigenvalue weighted by atomic mass is 10.1. The molecule has 6 nitrogen and oxygen atoms in total. The molecule has 6 heteroatoms. The van der Waals surface area contributed by atoms with E-state index in [1.165, 1.54) is 12.3 Å². The molecule has 1 N–H and O–H groups in total. The molecule has 0 aliphatic carbocycles. The fourth-order valence-electron chi connectivity index (χ4n) is 2.72. The molecule has 0 atom stereocenters. The van der Waals surface area contributed by atoms with Crippen LogP contribution in [-0.4, -0.2) is 33.0 Å². The number of pyridine rings is 1. The quantitative estimate of drug-likeness (QED) is 0.686. The van der Waals surface area contributed by atoms with Crippen molar-refractivity contribution < 1.29 is 10.0 Å². The lowest BCUT2D eigenvalue weighted by Gasteiger charge is -2.16. The van der Waals surface area contributed by atoms with Gasteiger partial charge in [0.05, 0.1) is 10.3 Å². The smallest absolute Gasteiger partial charge is 0.279 e. The molecule has 1 aromatic carbocycles. The maximum Gasteiger partial charge on any atom is 0.279 e. The molecular weight excluding hydrogens is 258 g/mol. The Kier molecular flexibility index (Phi) is 3.23. The zero-order valence-corrected chi connectivity index (χ0v) is 11.0. The lowest BCUT2D eigenvalue weighted by Crippen LogP contribution is -2.18. The van der Waals surface area contributed by atoms with Gasteiger partial charge in [0.25, 0.3) is 5.69 Å². The summed E-state index contributed by atoms with van der Waals surface area (Å²) in [4.78, 5) is 17.1. The lowest BCUT2D eigenvalue weighted by molar-refractivity contribution is -0.383. The number of non-ortho nitro benzene ring substituents is 1. The van der Waals surface area contributed by atoms with Gasteiger partial charge in [-0.15, -0.1) is 0 Å². The SMILES string of the molecule is O=[N+]([O-])c1cc(CN2CCCC2)c(O)c2ncccc12. The van der Waals surface area contributed by atoms with Gasteiger partial charge in [0, 0.05) is 24.4 Å². The highest BCUT2D eigenvalue weighted by molar-refractivity contribution is 5.93. The van der Waals surface area contributed by atoms with Crippen molar-refractivity contribution in [1.82, 2.24) is 9.88 Å². The third kappa shape index (κ3) is 2.18. The first-order chi connectivity index (χ1) is 9.66. The number of hydrogen-bond acceptors (Lipinski definition) is 5. The molecule has 1 saturated heterocycles. The van der Waals surface area contributed by atoms with Crippen LogP contribution in [0.15, 0.2) is 24.4 Å². The van der Waals surface area contributed by atoms with Crippen LogP contribution >= 0.6 is 0 Å². The van der Waals surface area contributed by atoms with Crippen molar-refractivity contribution in [3.63, 3.8) is 0 Å². The van der Waals surface area contributed by atoms with Gasteiger partial charge in [-0.3, -0.25) is 20.0 Å². The summed E-state index contributed by atoms with van der Waals surface area (Å²) in [5.41, 5.74) is 0.876. The van der Waals surface area contributed by atoms with E-state index >= 15 is 0 Å². The number of aromatic nitrogens is 1. The summed E-state index contributed by atoms with van der Waals surface area (Å²) in [5.74, 6) is 0.0538. The molecule has 0 radical (unpaired) electrons. The molecule has 3 rings (SSSR count). The zero-order valence-electron chi connectivity index (χ0n) is 11.0. The van der Waals surface area contributed by atoms with Crippen LogP contribution in [0.4, 0.5) is 5.69 Å². The number of nitro benzene ring substituents is 1. The maximum atomic E-state index is 11.2. The number of phenols is 1. The number of likely N-dealkylation sites (tertiary alicyclic amines) is 1. The zero-order chi connectivity index (χ0) is 14.1. The molecule has 0 saturated carbocycles. The van der Waals surface area contributed by atoms with Crippen LogP contribution in [0, 0.1) is 10.1 Å². The van der Waals surface area contributed by atoms with Crippen molar-refractivity contribution in [2.24, 2.45) is 0 Å². The Morgan fingerprint density at radius 1 is 1.40 bits per heavy atom. The van der Waals surface area contributed by atoms with Crippen LogP contribution in [0.2, 0.25) is 0 Å². The van der Waals surface area contributed by atoms with Gasteiger partial charge in [-0.05, 0) is 38.1 Å². The Bertz CT molecular complexity index is 666. The topological polar surface area (TPSA) is 79.5 Å². The van der Waals surface area contributed by atoms with Crippen molar-refractivity contribution in [1.29, 1.82) is 0 Å². The largest absolute Gasteiger partial charge is 0.505 e. The summed E-state index contributed by atoms with van der Waals surface area (Å²) in [7, 11) is 0. The van der Waals surface area contributed by atoms with E-state index in [-0.39, 0.29) is 11.4 Å². The summed E-state index contributed by atoms with van der Waals surface area (Å²) in [5, 5.41) is 21.9. The Hall–Kier alpha value is -2.21. The fourth-order valence-corrected chi connectivity index (χ4v) is 2.72. The van der Waals surface area contributed by atoms with E-state index in [0.717, 1.165) is 25.9 Å². The minimum atomic E-state index is -0.420. The number of fused-ring (bicyclic) bond motifs is 1. The summed E-state index contributed by atoms with van der Waals surface area (Å²) >= 11 is 0. The highest BCUT2D eigenvalue weighted by Crippen LogP contribution is 2.35. The van der Waals surface area contributed by atoms with Crippen molar-refractivity contribution in [2.45, 2.75) is 19.4 Å². The number of phenolic OH excluding ortho intramolecular Hbond substituents is 1. The van der Waals surface area contributed by atoms with Gasteiger partial charge in [0.2, 0.25) is 0 Å². The minimum Gasteiger partial charge on any atom is -0.505 e. The van der Waals surface area contributed by atoms with Gasteiger partial charge in [-0.1, -0.05) is 0 Å². The van der Waals surface area contributed by atoms with Crippen molar-refractivity contribution in [3.05, 3.63) is 40.1 Å². The Balaban J connectivity index is 2.11. The predicted molar refractivity (Wildman–Crippen MR) is 74.6 cm³/mol. The van der Waals surface area contributed by atoms with Gasteiger partial charge < -0.3 is 5.11 Å². The molecule has 0 amide bonds. The van der Waals surface area contributed by atoms with E-state index in [9.17, 15) is 15.2 Å². The molecule has 0 unspecified atom stereocenters. The van der Waals surface area contributed by atoms with E-state index in [4.69, 9.17) is 0 Å². The van der Waals surface area contributed by atoms with Gasteiger partial charge in [-0.2, -0.15) is 0 Å². The van der Waals surface area contributed by atoms with Crippen LogP contribution in [0.25, 0.3) is 10.9 Å². The molecule has 2 heterocycles. The molecule has 1 aliphatic heterocycles. The Morgan fingerprint density at radius 2 is 2.15 bits per heavy atom. The van der Waals surface area contributed by atoms with E-state index in [1.807, 2.05) is 0 Å². The number of rotatable bonds is 3. The number of nitro groups is 1. The Morgan fingerprint density at radius 3 is 2.85 bits per heavy atom. The van der Waals surface area contributed by atoms with E-state index in [0.29, 0.717) is 23.0 Å². The first-order valence-electron chi connectivity index (χ1n) is 6.63. The monoisotopic (exact) mass is 273 g/mol. The second kappa shape index (κ2) is 5.05. The molecule has 2 aromatic rings. The van der Waals surface area contributed by atoms with Crippen LogP contribution in [-0.2, 0) is 6.54 Å². The maximum absolute atomic E-state index is 11.2. The minimum absolute atomic E-state index is 0.0000898. The summed E-state index contributed by atoms with van der Waals surface area (Å²) in [6.45, 7) is 2.46. The van der Waals surface area contributed by atoms with Crippen molar-refractivity contribution >= 4 is 16.6 Å². The van der Waals surface area contributed by atoms with Crippen LogP contribution in [0.1, 0.15) is 18.4 Å². The third-order valence-corrected chi connectivity index (χ3v) is 3.71. The molecule has 104 valence electrons. The number of benzene rings is 1. The normalized spacial score (nSPS) is 15.8. The van der Waals surface area contributed by atoms with Crippen LogP contribution < -0.4 is 0 Å². The van der Waals surface area contributed by atoms with Gasteiger partial charge in [0.1, 0.15) is 11.3 Å². The second-order valence-electron chi connectivity index (χ2n) is 5.04. The molecule has 1 aromatic heterocycles. The first kappa shape index (κ1) is 12.8. The fraction of sp³-hybridized carbons (Fsp3) is 0.357. The summed E-state index contributed by atoms with van der Waals surface area (Å²) < 4.78 is 0. The number of aromatic hydroxyl groups is 1. The highest BCUT2D eigenvalue weighted by Gasteiger charge is 2.21. The van der Waals surface area contributed by atoms with Gasteiger partial charge in [0.15, 0.2) is 0 Å². The predicted octanol–water partition coefficient (Wildman–Crippen LogP) is 2.44. The summed E-state index contributed by atoms with van der Waals surface area (Å²) in [6, 6.07) is 4.71. The van der Waals surface area contributed by atoms with Gasteiger partial charge in [-0.25, -0.2) is 0 Å². The standard InChI is InChI=1S/C14H15N3O3/c18-14-10(9-16-6-1-2-7-16)8-12(17(19)20)11-4-3-5-15-13(11)14/h3-5,8,18H,1-2,6-7,9H2. The van der Waals surface area contributed by atoms with Gasteiger partial charge >= 0.3 is 0 Å². The first-order valence-corrected chi connectivity index (χ1v) is 6.63. The molecule has 1 aliphatic rings. The van der Waals surface area contributed by atoms with Crippen molar-refractivity contribution in [3.8, 4) is 5.75 Å². The van der Waals surface area contributed by atoms with Crippen LogP contribution in [0.5, 0.6) is 5.75 Å². The van der Waals surface area contributed by atoms with E-state index in [1.54, 1.807) is 12.1 Å². The molecular formula is C14H15N3O3. The molecule has 1 fully saturated rings. The molecule has 20 heavy (non-hydrogen) atoms. The highest BCUT2D eigenvalue weighted by atomic mass is 16.6. The van der Waals surface area contributed by atoms with Crippen LogP contribution in [0.3, 0.4) is 0 Å². The average Bonchev–Trinajstić information content (AvgIpc) is 2.94. The van der Waals surface area contributed by atoms with E-state index in [2.05, 4.69) is 9.88 Å². The number of hydrogen-bond donors (Lipinski definition) is 1. The summed E-state index contributed by atoms with van der Waals surface area (Å²) in [6.07, 6.45) is 3.80. The Labute approximate surface area is 115 Å². The van der Waals surface area contributed by atoms with E-state index < -0.39 is 4.92 Å².